The Bertz CT molecular complexity index is 745. The summed E-state index contributed by atoms with van der Waals surface area (Å²) in [7, 11) is 0. The molecule has 0 aliphatic heterocycles. The molecular weight excluding hydrogens is 273 g/mol. The van der Waals surface area contributed by atoms with E-state index >= 15 is 0 Å². The van der Waals surface area contributed by atoms with Crippen molar-refractivity contribution in [2.24, 2.45) is 0 Å². The maximum Gasteiger partial charge on any atom is 0.335 e. The third-order valence-corrected chi connectivity index (χ3v) is 2.56. The van der Waals surface area contributed by atoms with Gasteiger partial charge in [-0.25, -0.2) is 9.18 Å². The second-order valence-electron chi connectivity index (χ2n) is 4.07. The molecule has 21 heavy (non-hydrogen) atoms. The van der Waals surface area contributed by atoms with Crippen LogP contribution in [0.25, 0.3) is 0 Å². The first-order chi connectivity index (χ1) is 10.1. The maximum atomic E-state index is 13.5. The largest absolute Gasteiger partial charge is 0.478 e. The number of carbonyl (C=O) groups is 2. The fraction of sp³-hybridized carbons (Fsp3) is 0. The number of anilines is 1. The molecule has 0 radical (unpaired) electrons. The first-order valence-corrected chi connectivity index (χ1v) is 5.97. The van der Waals surface area contributed by atoms with Gasteiger partial charge in [0.05, 0.1) is 11.3 Å². The lowest BCUT2D eigenvalue weighted by atomic mass is 10.2. The Hall–Kier alpha value is -3.13. The van der Waals surface area contributed by atoms with Crippen LogP contribution in [0.5, 0.6) is 0 Å². The molecular formula is C16H10FNO3. The lowest BCUT2D eigenvalue weighted by molar-refractivity contribution is -0.111. The number of aromatic carboxylic acids is 1. The topological polar surface area (TPSA) is 66.4 Å². The minimum absolute atomic E-state index is 0.122. The second-order valence-corrected chi connectivity index (χ2v) is 4.07. The molecule has 0 fully saturated rings. The van der Waals surface area contributed by atoms with Crippen LogP contribution in [0.2, 0.25) is 0 Å². The van der Waals surface area contributed by atoms with Crippen LogP contribution in [0.4, 0.5) is 10.1 Å². The molecule has 104 valence electrons. The highest BCUT2D eigenvalue weighted by atomic mass is 19.1. The van der Waals surface area contributed by atoms with E-state index in [1.807, 2.05) is 6.07 Å². The first kappa shape index (κ1) is 14.3. The first-order valence-electron chi connectivity index (χ1n) is 5.97. The minimum Gasteiger partial charge on any atom is -0.478 e. The van der Waals surface area contributed by atoms with Crippen molar-refractivity contribution >= 4 is 17.6 Å². The van der Waals surface area contributed by atoms with Crippen molar-refractivity contribution in [1.29, 1.82) is 0 Å². The fourth-order valence-corrected chi connectivity index (χ4v) is 1.56. The molecule has 2 N–H and O–H groups in total. The zero-order valence-corrected chi connectivity index (χ0v) is 10.8. The fourth-order valence-electron chi connectivity index (χ4n) is 1.56. The molecule has 2 rings (SSSR count). The lowest BCUT2D eigenvalue weighted by Gasteiger charge is -2.04. The number of rotatable bonds is 2. The lowest BCUT2D eigenvalue weighted by Crippen LogP contribution is -2.11. The summed E-state index contributed by atoms with van der Waals surface area (Å²) >= 11 is 0. The van der Waals surface area contributed by atoms with Crippen molar-refractivity contribution in [3.63, 3.8) is 0 Å². The average molecular weight is 283 g/mol. The zero-order chi connectivity index (χ0) is 15.2. The third kappa shape index (κ3) is 3.91. The summed E-state index contributed by atoms with van der Waals surface area (Å²) in [6.07, 6.45) is 0. The number of carboxylic acid groups (broad SMARTS) is 1. The Kier molecular flexibility index (Phi) is 4.32. The quantitative estimate of drug-likeness (QED) is 0.832. The van der Waals surface area contributed by atoms with Gasteiger partial charge in [-0.05, 0) is 30.3 Å². The molecule has 0 bridgehead atoms. The number of halogens is 1. The Morgan fingerprint density at radius 3 is 2.48 bits per heavy atom. The molecule has 2 aromatic carbocycles. The minimum atomic E-state index is -1.21. The summed E-state index contributed by atoms with van der Waals surface area (Å²) in [5.74, 6) is 2.27. The molecule has 0 aromatic heterocycles. The van der Waals surface area contributed by atoms with Crippen LogP contribution in [0.1, 0.15) is 15.9 Å². The van der Waals surface area contributed by atoms with Crippen LogP contribution < -0.4 is 5.32 Å². The Morgan fingerprint density at radius 2 is 1.81 bits per heavy atom. The van der Waals surface area contributed by atoms with Crippen LogP contribution >= 0.6 is 0 Å². The molecule has 5 heteroatoms. The van der Waals surface area contributed by atoms with Gasteiger partial charge in [-0.3, -0.25) is 4.79 Å². The SMILES string of the molecule is O=C(C#Cc1ccccc1)Nc1cc(C(=O)O)ccc1F. The van der Waals surface area contributed by atoms with E-state index in [1.54, 1.807) is 24.3 Å². The Labute approximate surface area is 120 Å². The highest BCUT2D eigenvalue weighted by Gasteiger charge is 2.09. The van der Waals surface area contributed by atoms with E-state index in [0.717, 1.165) is 18.2 Å². The van der Waals surface area contributed by atoms with E-state index in [-0.39, 0.29) is 11.3 Å². The van der Waals surface area contributed by atoms with Crippen LogP contribution in [0.15, 0.2) is 48.5 Å². The standard InChI is InChI=1S/C16H10FNO3/c17-13-8-7-12(16(20)21)10-14(13)18-15(19)9-6-11-4-2-1-3-5-11/h1-5,7-8,10H,(H,18,19)(H,20,21). The van der Waals surface area contributed by atoms with Crippen molar-refractivity contribution in [3.05, 3.63) is 65.5 Å². The van der Waals surface area contributed by atoms with Gasteiger partial charge in [0.15, 0.2) is 0 Å². The molecule has 1 amide bonds. The average Bonchev–Trinajstić information content (AvgIpc) is 2.48. The number of amides is 1. The zero-order valence-electron chi connectivity index (χ0n) is 10.8. The molecule has 0 saturated heterocycles. The van der Waals surface area contributed by atoms with Crippen molar-refractivity contribution in [2.75, 3.05) is 5.32 Å². The maximum absolute atomic E-state index is 13.5. The number of carbonyl (C=O) groups excluding carboxylic acids is 1. The summed E-state index contributed by atoms with van der Waals surface area (Å²) in [6.45, 7) is 0. The van der Waals surface area contributed by atoms with Crippen molar-refractivity contribution < 1.29 is 19.1 Å². The number of carboxylic acids is 1. The molecule has 2 aromatic rings. The van der Waals surface area contributed by atoms with Gasteiger partial charge in [-0.15, -0.1) is 0 Å². The van der Waals surface area contributed by atoms with Crippen LogP contribution in [-0.4, -0.2) is 17.0 Å². The smallest absolute Gasteiger partial charge is 0.335 e. The van der Waals surface area contributed by atoms with Crippen LogP contribution in [0, 0.1) is 17.7 Å². The molecule has 0 aliphatic rings. The summed E-state index contributed by atoms with van der Waals surface area (Å²) in [5.41, 5.74) is 0.303. The molecule has 0 aliphatic carbocycles. The molecule has 0 unspecified atom stereocenters. The molecule has 0 atom stereocenters. The second kappa shape index (κ2) is 6.35. The summed E-state index contributed by atoms with van der Waals surface area (Å²) in [6, 6.07) is 12.0. The molecule has 0 saturated carbocycles. The highest BCUT2D eigenvalue weighted by Crippen LogP contribution is 2.16. The van der Waals surface area contributed by atoms with E-state index in [2.05, 4.69) is 17.2 Å². The number of hydrogen-bond acceptors (Lipinski definition) is 2. The van der Waals surface area contributed by atoms with Gasteiger partial charge >= 0.3 is 11.9 Å². The van der Waals surface area contributed by atoms with Crippen molar-refractivity contribution in [3.8, 4) is 11.8 Å². The van der Waals surface area contributed by atoms with Gasteiger partial charge in [0, 0.05) is 11.5 Å². The number of nitrogens with one attached hydrogen (secondary N) is 1. The van der Waals surface area contributed by atoms with Crippen molar-refractivity contribution in [2.45, 2.75) is 0 Å². The molecule has 0 heterocycles. The Morgan fingerprint density at radius 1 is 1.10 bits per heavy atom. The van der Waals surface area contributed by atoms with Crippen molar-refractivity contribution in [1.82, 2.24) is 0 Å². The normalized spacial score (nSPS) is 9.38. The van der Waals surface area contributed by atoms with Gasteiger partial charge in [-0.1, -0.05) is 24.1 Å². The predicted octanol–water partition coefficient (Wildman–Crippen LogP) is 2.51. The highest BCUT2D eigenvalue weighted by molar-refractivity contribution is 6.04. The summed E-state index contributed by atoms with van der Waals surface area (Å²) in [4.78, 5) is 22.4. The van der Waals surface area contributed by atoms with E-state index in [4.69, 9.17) is 5.11 Å². The van der Waals surface area contributed by atoms with E-state index in [1.165, 1.54) is 0 Å². The van der Waals surface area contributed by atoms with Gasteiger partial charge in [0.1, 0.15) is 5.82 Å². The monoisotopic (exact) mass is 283 g/mol. The Balaban J connectivity index is 2.15. The molecule has 0 spiro atoms. The van der Waals surface area contributed by atoms with Gasteiger partial charge in [0.25, 0.3) is 0 Å². The molecule has 4 nitrogen and oxygen atoms in total. The number of benzene rings is 2. The summed E-state index contributed by atoms with van der Waals surface area (Å²) < 4.78 is 13.5. The van der Waals surface area contributed by atoms with Crippen LogP contribution in [-0.2, 0) is 4.79 Å². The number of hydrogen-bond donors (Lipinski definition) is 2. The van der Waals surface area contributed by atoms with E-state index in [0.29, 0.717) is 5.56 Å². The van der Waals surface area contributed by atoms with Gasteiger partial charge < -0.3 is 10.4 Å². The predicted molar refractivity (Wildman–Crippen MR) is 75.3 cm³/mol. The van der Waals surface area contributed by atoms with E-state index in [9.17, 15) is 14.0 Å². The summed E-state index contributed by atoms with van der Waals surface area (Å²) in [5, 5.41) is 11.0. The van der Waals surface area contributed by atoms with Gasteiger partial charge in [-0.2, -0.15) is 0 Å². The van der Waals surface area contributed by atoms with E-state index < -0.39 is 17.7 Å². The van der Waals surface area contributed by atoms with Crippen LogP contribution in [0.3, 0.4) is 0 Å². The third-order valence-electron chi connectivity index (χ3n) is 2.56. The van der Waals surface area contributed by atoms with Gasteiger partial charge in [0.2, 0.25) is 0 Å².